The fourth-order valence-electron chi connectivity index (χ4n) is 5.69. The zero-order valence-corrected chi connectivity index (χ0v) is 20.9. The van der Waals surface area contributed by atoms with Gasteiger partial charge in [0.25, 0.3) is 0 Å². The third-order valence-corrected chi connectivity index (χ3v) is 7.70. The van der Waals surface area contributed by atoms with Gasteiger partial charge in [0.05, 0.1) is 12.1 Å². The van der Waals surface area contributed by atoms with E-state index in [1.165, 1.54) is 11.1 Å². The van der Waals surface area contributed by atoms with Crippen LogP contribution < -0.4 is 21.3 Å². The number of rotatable bonds is 4. The molecule has 8 heteroatoms. The average molecular weight is 491 g/mol. The fourth-order valence-corrected chi connectivity index (χ4v) is 5.69. The van der Waals surface area contributed by atoms with Gasteiger partial charge in [-0.05, 0) is 49.9 Å². The van der Waals surface area contributed by atoms with Gasteiger partial charge in [0.2, 0.25) is 0 Å². The molecule has 192 valence electrons. The molecule has 0 saturated carbocycles. The molecule has 4 N–H and O–H groups in total. The maximum atomic E-state index is 12.0. The van der Waals surface area contributed by atoms with E-state index in [0.717, 1.165) is 65.0 Å². The Hall–Kier alpha value is -3.10. The van der Waals surface area contributed by atoms with Crippen LogP contribution in [0.4, 0.5) is 9.59 Å². The van der Waals surface area contributed by atoms with Crippen LogP contribution in [0.25, 0.3) is 0 Å². The third-order valence-electron chi connectivity index (χ3n) is 7.70. The summed E-state index contributed by atoms with van der Waals surface area (Å²) in [6, 6.07) is 21.5. The van der Waals surface area contributed by atoms with Gasteiger partial charge in [-0.15, -0.1) is 0 Å². The van der Waals surface area contributed by atoms with E-state index in [1.807, 2.05) is 46.2 Å². The van der Waals surface area contributed by atoms with Gasteiger partial charge in [0.15, 0.2) is 0 Å². The molecule has 4 saturated heterocycles. The number of piperidine rings is 2. The van der Waals surface area contributed by atoms with E-state index in [-0.39, 0.29) is 24.1 Å². The number of carbonyl (C=O) groups is 2. The topological polar surface area (TPSA) is 88.7 Å². The molecule has 4 aliphatic heterocycles. The molecule has 36 heavy (non-hydrogen) atoms. The summed E-state index contributed by atoms with van der Waals surface area (Å²) in [4.78, 5) is 28.1. The van der Waals surface area contributed by atoms with Crippen molar-refractivity contribution in [3.05, 3.63) is 71.8 Å². The smallest absolute Gasteiger partial charge is 0.318 e. The molecule has 0 spiro atoms. The van der Waals surface area contributed by atoms with E-state index in [1.54, 1.807) is 0 Å². The molecule has 4 amide bonds. The van der Waals surface area contributed by atoms with Crippen molar-refractivity contribution in [3.8, 4) is 0 Å². The number of benzene rings is 2. The number of nitrogens with zero attached hydrogens (tertiary/aromatic N) is 2. The van der Waals surface area contributed by atoms with E-state index in [0.29, 0.717) is 12.1 Å². The summed E-state index contributed by atoms with van der Waals surface area (Å²) < 4.78 is 0. The van der Waals surface area contributed by atoms with Gasteiger partial charge in [-0.1, -0.05) is 60.7 Å². The van der Waals surface area contributed by atoms with Gasteiger partial charge in [-0.2, -0.15) is 0 Å². The second kappa shape index (κ2) is 11.8. The molecule has 2 aromatic rings. The summed E-state index contributed by atoms with van der Waals surface area (Å²) in [6.07, 6.45) is 4.54. The van der Waals surface area contributed by atoms with Crippen molar-refractivity contribution in [3.63, 3.8) is 0 Å². The normalized spacial score (nSPS) is 28.2. The predicted octanol–water partition coefficient (Wildman–Crippen LogP) is 3.01. The van der Waals surface area contributed by atoms with E-state index in [9.17, 15) is 9.59 Å². The molecular weight excluding hydrogens is 452 g/mol. The van der Waals surface area contributed by atoms with Crippen LogP contribution in [0.2, 0.25) is 0 Å². The Balaban J connectivity index is 0.000000148. The predicted molar refractivity (Wildman–Crippen MR) is 141 cm³/mol. The number of urea groups is 2. The van der Waals surface area contributed by atoms with E-state index < -0.39 is 0 Å². The van der Waals surface area contributed by atoms with Crippen molar-refractivity contribution in [2.45, 2.75) is 49.9 Å². The minimum absolute atomic E-state index is 0.0811. The Labute approximate surface area is 213 Å². The first-order valence-electron chi connectivity index (χ1n) is 13.3. The highest BCUT2D eigenvalue weighted by atomic mass is 16.2. The first kappa shape index (κ1) is 24.6. The van der Waals surface area contributed by atoms with E-state index in [4.69, 9.17) is 0 Å². The zero-order chi connectivity index (χ0) is 24.7. The molecule has 4 aliphatic rings. The van der Waals surface area contributed by atoms with Crippen molar-refractivity contribution >= 4 is 12.1 Å². The Morgan fingerprint density at radius 2 is 1.03 bits per heavy atom. The van der Waals surface area contributed by atoms with Crippen LogP contribution in [0, 0.1) is 0 Å². The second-order valence-electron chi connectivity index (χ2n) is 10.1. The molecular formula is C28H38N6O2. The lowest BCUT2D eigenvalue weighted by molar-refractivity contribution is 0.183. The monoisotopic (exact) mass is 490 g/mol. The molecule has 2 unspecified atom stereocenters. The average Bonchev–Trinajstić information content (AvgIpc) is 3.54. The van der Waals surface area contributed by atoms with Crippen LogP contribution >= 0.6 is 0 Å². The van der Waals surface area contributed by atoms with Crippen LogP contribution in [0.3, 0.4) is 0 Å². The number of hydrogen-bond acceptors (Lipinski definition) is 4. The molecule has 0 aliphatic carbocycles. The van der Waals surface area contributed by atoms with Crippen molar-refractivity contribution in [1.82, 2.24) is 31.1 Å². The standard InChI is InChI=1S/2C14H19N3O/c2*18-14-16-13(11-5-2-1-3-6-11)10-17(14)12-7-4-8-15-9-12/h2*1-3,5-6,12-13,15H,4,7-10H2,(H,16,18)/t2*12-,13?/m00/s1. The Kier molecular flexibility index (Phi) is 8.03. The van der Waals surface area contributed by atoms with Crippen LogP contribution in [-0.4, -0.2) is 73.2 Å². The summed E-state index contributed by atoms with van der Waals surface area (Å²) in [5.41, 5.74) is 2.38. The lowest BCUT2D eigenvalue weighted by Crippen LogP contribution is -2.47. The van der Waals surface area contributed by atoms with Crippen molar-refractivity contribution in [2.75, 3.05) is 39.3 Å². The molecule has 4 fully saturated rings. The number of carbonyl (C=O) groups excluding carboxylic acids is 2. The maximum absolute atomic E-state index is 12.0. The van der Waals surface area contributed by atoms with Gasteiger partial charge in [0, 0.05) is 38.3 Å². The maximum Gasteiger partial charge on any atom is 0.318 e. The molecule has 2 aromatic carbocycles. The molecule has 6 rings (SSSR count). The lowest BCUT2D eigenvalue weighted by atomic mass is 10.0. The van der Waals surface area contributed by atoms with Crippen LogP contribution in [0.5, 0.6) is 0 Å². The van der Waals surface area contributed by atoms with Gasteiger partial charge in [0.1, 0.15) is 0 Å². The van der Waals surface area contributed by atoms with E-state index in [2.05, 4.69) is 45.5 Å². The molecule has 4 atom stereocenters. The molecule has 8 nitrogen and oxygen atoms in total. The van der Waals surface area contributed by atoms with Gasteiger partial charge in [-0.25, -0.2) is 9.59 Å². The summed E-state index contributed by atoms with van der Waals surface area (Å²) in [6.45, 7) is 5.58. The Morgan fingerprint density at radius 3 is 1.39 bits per heavy atom. The molecule has 0 radical (unpaired) electrons. The largest absolute Gasteiger partial charge is 0.329 e. The van der Waals surface area contributed by atoms with Crippen molar-refractivity contribution < 1.29 is 9.59 Å². The fraction of sp³-hybridized carbons (Fsp3) is 0.500. The number of hydrogen-bond donors (Lipinski definition) is 4. The summed E-state index contributed by atoms with van der Waals surface area (Å²) in [7, 11) is 0. The summed E-state index contributed by atoms with van der Waals surface area (Å²) in [5.74, 6) is 0. The first-order chi connectivity index (χ1) is 17.7. The van der Waals surface area contributed by atoms with Crippen molar-refractivity contribution in [2.24, 2.45) is 0 Å². The summed E-state index contributed by atoms with van der Waals surface area (Å²) in [5, 5.41) is 12.9. The lowest BCUT2D eigenvalue weighted by Gasteiger charge is -2.30. The molecule has 0 aromatic heterocycles. The molecule has 4 heterocycles. The minimum atomic E-state index is 0.0811. The van der Waals surface area contributed by atoms with Gasteiger partial charge < -0.3 is 31.1 Å². The highest BCUT2D eigenvalue weighted by Crippen LogP contribution is 2.25. The highest BCUT2D eigenvalue weighted by molar-refractivity contribution is 5.78. The SMILES string of the molecule is O=C1NC(c2ccccc2)CN1[C@H]1CCCNC1.O=C1NC(c2ccccc2)CN1[C@H]1CCCNC1. The van der Waals surface area contributed by atoms with E-state index >= 15 is 0 Å². The molecule has 0 bridgehead atoms. The third kappa shape index (κ3) is 5.82. The second-order valence-corrected chi connectivity index (χ2v) is 10.1. The zero-order valence-electron chi connectivity index (χ0n) is 20.9. The quantitative estimate of drug-likeness (QED) is 0.531. The van der Waals surface area contributed by atoms with Crippen LogP contribution in [-0.2, 0) is 0 Å². The van der Waals surface area contributed by atoms with Gasteiger partial charge >= 0.3 is 12.1 Å². The van der Waals surface area contributed by atoms with Crippen LogP contribution in [0.15, 0.2) is 60.7 Å². The first-order valence-corrected chi connectivity index (χ1v) is 13.3. The number of nitrogens with one attached hydrogen (secondary N) is 4. The Bertz CT molecular complexity index is 910. The summed E-state index contributed by atoms with van der Waals surface area (Å²) >= 11 is 0. The van der Waals surface area contributed by atoms with Crippen molar-refractivity contribution in [1.29, 1.82) is 0 Å². The Morgan fingerprint density at radius 1 is 0.611 bits per heavy atom. The van der Waals surface area contributed by atoms with Crippen LogP contribution in [0.1, 0.15) is 48.9 Å². The minimum Gasteiger partial charge on any atom is -0.329 e. The van der Waals surface area contributed by atoms with Gasteiger partial charge in [-0.3, -0.25) is 0 Å². The highest BCUT2D eigenvalue weighted by Gasteiger charge is 2.36. The number of amides is 4.